The highest BCUT2D eigenvalue weighted by atomic mass is 16.5. The molecule has 0 amide bonds. The highest BCUT2D eigenvalue weighted by Crippen LogP contribution is 2.46. The molecular formula is C16H16O3. The molecule has 98 valence electrons. The molecule has 0 saturated carbocycles. The fraction of sp³-hybridized carbons (Fsp3) is 0.250. The number of aromatic hydroxyl groups is 1. The first-order valence-corrected chi connectivity index (χ1v) is 6.26. The lowest BCUT2D eigenvalue weighted by Crippen LogP contribution is -2.29. The Hall–Kier alpha value is -2.16. The smallest absolute Gasteiger partial charge is 0.139 e. The number of phenols is 1. The SMILES string of the molecule is Cc1c2c(c3ccccc3c1O)OC(C)(C)C=C2O. The molecule has 3 nitrogen and oxygen atoms in total. The number of hydrogen-bond acceptors (Lipinski definition) is 3. The minimum atomic E-state index is -0.566. The number of aliphatic hydroxyl groups is 1. The van der Waals surface area contributed by atoms with E-state index in [1.54, 1.807) is 13.0 Å². The summed E-state index contributed by atoms with van der Waals surface area (Å²) >= 11 is 0. The molecule has 3 rings (SSSR count). The van der Waals surface area contributed by atoms with E-state index in [2.05, 4.69) is 0 Å². The molecule has 1 heterocycles. The number of hydrogen-bond donors (Lipinski definition) is 2. The molecule has 1 aliphatic rings. The summed E-state index contributed by atoms with van der Waals surface area (Å²) in [7, 11) is 0. The maximum absolute atomic E-state index is 10.3. The van der Waals surface area contributed by atoms with E-state index >= 15 is 0 Å². The van der Waals surface area contributed by atoms with Crippen LogP contribution < -0.4 is 4.74 Å². The normalized spacial score (nSPS) is 16.7. The quantitative estimate of drug-likeness (QED) is 0.751. The van der Waals surface area contributed by atoms with E-state index in [0.29, 0.717) is 16.9 Å². The summed E-state index contributed by atoms with van der Waals surface area (Å²) in [5, 5.41) is 22.1. The van der Waals surface area contributed by atoms with Gasteiger partial charge in [0, 0.05) is 22.4 Å². The first kappa shape index (κ1) is 11.9. The van der Waals surface area contributed by atoms with Crippen LogP contribution >= 0.6 is 0 Å². The Bertz CT molecular complexity index is 711. The molecule has 0 spiro atoms. The molecule has 19 heavy (non-hydrogen) atoms. The Balaban J connectivity index is 2.47. The van der Waals surface area contributed by atoms with E-state index in [-0.39, 0.29) is 11.5 Å². The van der Waals surface area contributed by atoms with Crippen LogP contribution in [0, 0.1) is 6.92 Å². The van der Waals surface area contributed by atoms with Gasteiger partial charge in [-0.25, -0.2) is 0 Å². The van der Waals surface area contributed by atoms with E-state index in [1.165, 1.54) is 0 Å². The van der Waals surface area contributed by atoms with Crippen LogP contribution in [-0.2, 0) is 0 Å². The van der Waals surface area contributed by atoms with Gasteiger partial charge < -0.3 is 14.9 Å². The van der Waals surface area contributed by atoms with Gasteiger partial charge in [0.1, 0.15) is 22.9 Å². The predicted molar refractivity (Wildman–Crippen MR) is 75.7 cm³/mol. The monoisotopic (exact) mass is 256 g/mol. The molecule has 0 aromatic heterocycles. The van der Waals surface area contributed by atoms with E-state index < -0.39 is 5.60 Å². The van der Waals surface area contributed by atoms with E-state index in [0.717, 1.165) is 10.8 Å². The highest BCUT2D eigenvalue weighted by molar-refractivity contribution is 5.99. The van der Waals surface area contributed by atoms with Crippen molar-refractivity contribution >= 4 is 16.5 Å². The minimum absolute atomic E-state index is 0.157. The van der Waals surface area contributed by atoms with Crippen molar-refractivity contribution in [2.75, 3.05) is 0 Å². The molecule has 3 heteroatoms. The van der Waals surface area contributed by atoms with Gasteiger partial charge in [-0.2, -0.15) is 0 Å². The van der Waals surface area contributed by atoms with Gasteiger partial charge in [0.05, 0.1) is 5.56 Å². The number of aliphatic hydroxyl groups excluding tert-OH is 1. The Morgan fingerprint density at radius 2 is 1.68 bits per heavy atom. The third-order valence-electron chi connectivity index (χ3n) is 3.49. The Labute approximate surface area is 111 Å². The third-order valence-corrected chi connectivity index (χ3v) is 3.49. The van der Waals surface area contributed by atoms with Crippen LogP contribution in [-0.4, -0.2) is 15.8 Å². The van der Waals surface area contributed by atoms with Gasteiger partial charge >= 0.3 is 0 Å². The maximum atomic E-state index is 10.3. The molecule has 2 aromatic rings. The zero-order valence-electron chi connectivity index (χ0n) is 11.2. The van der Waals surface area contributed by atoms with Gasteiger partial charge in [0.15, 0.2) is 0 Å². The van der Waals surface area contributed by atoms with Crippen molar-refractivity contribution in [3.8, 4) is 11.5 Å². The Morgan fingerprint density at radius 3 is 2.37 bits per heavy atom. The first-order valence-electron chi connectivity index (χ1n) is 6.26. The number of rotatable bonds is 0. The van der Waals surface area contributed by atoms with E-state index in [4.69, 9.17) is 4.74 Å². The molecule has 0 bridgehead atoms. The van der Waals surface area contributed by atoms with Crippen LogP contribution in [0.3, 0.4) is 0 Å². The van der Waals surface area contributed by atoms with Gasteiger partial charge in [0.25, 0.3) is 0 Å². The average Bonchev–Trinajstić information content (AvgIpc) is 2.34. The van der Waals surface area contributed by atoms with Crippen LogP contribution in [0.15, 0.2) is 30.3 Å². The molecule has 0 saturated heterocycles. The van der Waals surface area contributed by atoms with Gasteiger partial charge in [-0.3, -0.25) is 0 Å². The highest BCUT2D eigenvalue weighted by Gasteiger charge is 2.30. The van der Waals surface area contributed by atoms with Gasteiger partial charge in [-0.15, -0.1) is 0 Å². The molecule has 0 atom stereocenters. The molecule has 2 aromatic carbocycles. The summed E-state index contributed by atoms with van der Waals surface area (Å²) in [4.78, 5) is 0. The van der Waals surface area contributed by atoms with Crippen molar-refractivity contribution in [3.63, 3.8) is 0 Å². The standard InChI is InChI=1S/C16H16O3/c1-9-13-12(17)8-16(2,3)19-15(13)11-7-5-4-6-10(11)14(9)18/h4-8,17-18H,1-3H3. The van der Waals surface area contributed by atoms with Crippen molar-refractivity contribution in [1.82, 2.24) is 0 Å². The van der Waals surface area contributed by atoms with Gasteiger partial charge in [-0.1, -0.05) is 24.3 Å². The summed E-state index contributed by atoms with van der Waals surface area (Å²) in [6, 6.07) is 7.51. The second-order valence-electron chi connectivity index (χ2n) is 5.46. The molecule has 0 unspecified atom stereocenters. The topological polar surface area (TPSA) is 49.7 Å². The van der Waals surface area contributed by atoms with Gasteiger partial charge in [0.2, 0.25) is 0 Å². The molecule has 1 aliphatic heterocycles. The van der Waals surface area contributed by atoms with Crippen LogP contribution in [0.4, 0.5) is 0 Å². The minimum Gasteiger partial charge on any atom is -0.507 e. The van der Waals surface area contributed by atoms with E-state index in [9.17, 15) is 10.2 Å². The number of benzene rings is 2. The van der Waals surface area contributed by atoms with Crippen molar-refractivity contribution < 1.29 is 14.9 Å². The summed E-state index contributed by atoms with van der Waals surface area (Å²) in [5.74, 6) is 0.985. The van der Waals surface area contributed by atoms with E-state index in [1.807, 2.05) is 38.1 Å². The third kappa shape index (κ3) is 1.65. The number of phenolic OH excluding ortho intramolecular Hbond substituents is 1. The van der Waals surface area contributed by atoms with Crippen molar-refractivity contribution in [3.05, 3.63) is 41.5 Å². The Kier molecular flexibility index (Phi) is 2.30. The van der Waals surface area contributed by atoms with Crippen LogP contribution in [0.1, 0.15) is 25.0 Å². The second-order valence-corrected chi connectivity index (χ2v) is 5.46. The summed E-state index contributed by atoms with van der Waals surface area (Å²) in [6.45, 7) is 5.57. The van der Waals surface area contributed by atoms with Crippen LogP contribution in [0.25, 0.3) is 16.5 Å². The van der Waals surface area contributed by atoms with Crippen LogP contribution in [0.2, 0.25) is 0 Å². The fourth-order valence-electron chi connectivity index (χ4n) is 2.62. The summed E-state index contributed by atoms with van der Waals surface area (Å²) in [5.41, 5.74) is 0.650. The Morgan fingerprint density at radius 1 is 1.05 bits per heavy atom. The van der Waals surface area contributed by atoms with Crippen molar-refractivity contribution in [2.24, 2.45) is 0 Å². The largest absolute Gasteiger partial charge is 0.507 e. The average molecular weight is 256 g/mol. The lowest BCUT2D eigenvalue weighted by molar-refractivity contribution is 0.156. The zero-order valence-corrected chi connectivity index (χ0v) is 11.2. The van der Waals surface area contributed by atoms with Crippen molar-refractivity contribution in [1.29, 1.82) is 0 Å². The molecule has 0 aliphatic carbocycles. The van der Waals surface area contributed by atoms with Crippen molar-refractivity contribution in [2.45, 2.75) is 26.4 Å². The first-order chi connectivity index (χ1) is 8.91. The van der Waals surface area contributed by atoms with Gasteiger partial charge in [-0.05, 0) is 20.8 Å². The molecule has 0 radical (unpaired) electrons. The zero-order chi connectivity index (χ0) is 13.8. The summed E-state index contributed by atoms with van der Waals surface area (Å²) in [6.07, 6.45) is 1.66. The fourth-order valence-corrected chi connectivity index (χ4v) is 2.62. The maximum Gasteiger partial charge on any atom is 0.139 e. The molecular weight excluding hydrogens is 240 g/mol. The number of ether oxygens (including phenoxy) is 1. The molecule has 0 fully saturated rings. The second kappa shape index (κ2) is 3.67. The van der Waals surface area contributed by atoms with Crippen LogP contribution in [0.5, 0.6) is 11.5 Å². The number of fused-ring (bicyclic) bond motifs is 3. The summed E-state index contributed by atoms with van der Waals surface area (Å²) < 4.78 is 5.99. The molecule has 2 N–H and O–H groups in total. The predicted octanol–water partition coefficient (Wildman–Crippen LogP) is 3.92. The lowest BCUT2D eigenvalue weighted by Gasteiger charge is -2.31. The lowest BCUT2D eigenvalue weighted by atomic mass is 9.93.